The minimum absolute atomic E-state index is 0.492. The summed E-state index contributed by atoms with van der Waals surface area (Å²) in [5.41, 5.74) is 4.39. The van der Waals surface area contributed by atoms with Gasteiger partial charge in [-0.05, 0) is 48.7 Å². The van der Waals surface area contributed by atoms with Crippen molar-refractivity contribution < 1.29 is 9.47 Å². The molecule has 4 heteroatoms. The monoisotopic (exact) mass is 350 g/mol. The minimum Gasteiger partial charge on any atom is -0.496 e. The van der Waals surface area contributed by atoms with Gasteiger partial charge in [0.25, 0.3) is 0 Å². The van der Waals surface area contributed by atoms with E-state index in [0.29, 0.717) is 6.61 Å². The lowest BCUT2D eigenvalue weighted by molar-refractivity contribution is 0.293. The van der Waals surface area contributed by atoms with Crippen molar-refractivity contribution in [3.63, 3.8) is 0 Å². The third-order valence-corrected chi connectivity index (χ3v) is 4.45. The van der Waals surface area contributed by atoms with Crippen molar-refractivity contribution in [3.05, 3.63) is 65.9 Å². The van der Waals surface area contributed by atoms with E-state index >= 15 is 0 Å². The van der Waals surface area contributed by atoms with Crippen molar-refractivity contribution in [2.24, 2.45) is 7.05 Å². The predicted molar refractivity (Wildman–Crippen MR) is 105 cm³/mol. The molecule has 1 aromatic heterocycles. The van der Waals surface area contributed by atoms with Crippen molar-refractivity contribution in [2.75, 3.05) is 7.11 Å². The van der Waals surface area contributed by atoms with Crippen LogP contribution in [-0.4, -0.2) is 16.9 Å². The summed E-state index contributed by atoms with van der Waals surface area (Å²) in [6, 6.07) is 16.3. The number of rotatable bonds is 8. The first-order chi connectivity index (χ1) is 12.7. The zero-order valence-corrected chi connectivity index (χ0v) is 15.7. The zero-order valence-electron chi connectivity index (χ0n) is 15.7. The number of methoxy groups -OCH3 is 1. The smallest absolute Gasteiger partial charge is 0.125 e. The fourth-order valence-corrected chi connectivity index (χ4v) is 2.99. The summed E-state index contributed by atoms with van der Waals surface area (Å²) < 4.78 is 13.4. The Morgan fingerprint density at radius 2 is 1.85 bits per heavy atom. The van der Waals surface area contributed by atoms with E-state index in [9.17, 15) is 0 Å². The van der Waals surface area contributed by atoms with Crippen LogP contribution in [0.1, 0.15) is 30.9 Å². The summed E-state index contributed by atoms with van der Waals surface area (Å²) in [6.45, 7) is 2.70. The van der Waals surface area contributed by atoms with Gasteiger partial charge in [0.2, 0.25) is 0 Å². The van der Waals surface area contributed by atoms with E-state index in [1.54, 1.807) is 7.11 Å². The predicted octanol–water partition coefficient (Wildman–Crippen LogP) is 5.02. The molecule has 0 atom stereocenters. The number of hydrogen-bond donors (Lipinski definition) is 0. The maximum absolute atomic E-state index is 6.15. The van der Waals surface area contributed by atoms with E-state index in [1.165, 1.54) is 5.56 Å². The number of para-hydroxylation sites is 1. The van der Waals surface area contributed by atoms with E-state index in [1.807, 2.05) is 48.3 Å². The quantitative estimate of drug-likeness (QED) is 0.572. The van der Waals surface area contributed by atoms with E-state index in [4.69, 9.17) is 9.47 Å². The Morgan fingerprint density at radius 3 is 2.58 bits per heavy atom. The molecule has 0 saturated heterocycles. The fourth-order valence-electron chi connectivity index (χ4n) is 2.99. The van der Waals surface area contributed by atoms with Gasteiger partial charge >= 0.3 is 0 Å². The second-order valence-corrected chi connectivity index (χ2v) is 6.40. The molecular formula is C22H26N2O2. The molecule has 0 spiro atoms. The molecule has 0 aliphatic rings. The molecule has 136 valence electrons. The number of hydrogen-bond acceptors (Lipinski definition) is 3. The Bertz CT molecular complexity index is 855. The molecule has 3 aromatic rings. The molecule has 0 amide bonds. The molecule has 3 rings (SSSR count). The average molecular weight is 350 g/mol. The minimum atomic E-state index is 0.492. The second-order valence-electron chi connectivity index (χ2n) is 6.40. The summed E-state index contributed by atoms with van der Waals surface area (Å²) in [5.74, 6) is 1.79. The van der Waals surface area contributed by atoms with Crippen molar-refractivity contribution in [3.8, 4) is 22.8 Å². The van der Waals surface area contributed by atoms with Gasteiger partial charge in [0.15, 0.2) is 0 Å². The number of aryl methyl sites for hydroxylation is 2. The molecule has 0 N–H and O–H groups in total. The van der Waals surface area contributed by atoms with Crippen LogP contribution in [0.5, 0.6) is 11.5 Å². The molecule has 0 aliphatic carbocycles. The molecule has 0 saturated carbocycles. The SMILES string of the molecule is CCCCc1cc(-c2ccn(C)n2)ccc1OCc1ccccc1OC. The maximum atomic E-state index is 6.15. The van der Waals surface area contributed by atoms with E-state index in [0.717, 1.165) is 47.6 Å². The first-order valence-electron chi connectivity index (χ1n) is 9.09. The Hall–Kier alpha value is -2.75. The molecule has 0 unspecified atom stereocenters. The summed E-state index contributed by atoms with van der Waals surface area (Å²) in [7, 11) is 3.62. The second kappa shape index (κ2) is 8.56. The number of ether oxygens (including phenoxy) is 2. The standard InChI is InChI=1S/C22H26N2O2/c1-4-5-8-18-15-17(20-13-14-24(2)23-20)11-12-22(18)26-16-19-9-6-7-10-21(19)25-3/h6-7,9-15H,4-5,8,16H2,1-3H3. The van der Waals surface area contributed by atoms with Crippen molar-refractivity contribution in [2.45, 2.75) is 32.8 Å². The average Bonchev–Trinajstić information content (AvgIpc) is 3.11. The Kier molecular flexibility index (Phi) is 5.95. The Morgan fingerprint density at radius 1 is 1.00 bits per heavy atom. The van der Waals surface area contributed by atoms with Crippen LogP contribution in [-0.2, 0) is 20.1 Å². The lowest BCUT2D eigenvalue weighted by atomic mass is 10.0. The fraction of sp³-hybridized carbons (Fsp3) is 0.318. The first kappa shape index (κ1) is 18.1. The Labute approximate surface area is 155 Å². The highest BCUT2D eigenvalue weighted by Crippen LogP contribution is 2.29. The van der Waals surface area contributed by atoms with Crippen LogP contribution in [0.3, 0.4) is 0 Å². The lowest BCUT2D eigenvalue weighted by Crippen LogP contribution is -2.01. The highest BCUT2D eigenvalue weighted by molar-refractivity contribution is 5.61. The van der Waals surface area contributed by atoms with Gasteiger partial charge in [-0.25, -0.2) is 0 Å². The van der Waals surface area contributed by atoms with Crippen molar-refractivity contribution >= 4 is 0 Å². The molecule has 4 nitrogen and oxygen atoms in total. The van der Waals surface area contributed by atoms with Crippen LogP contribution >= 0.6 is 0 Å². The third kappa shape index (κ3) is 4.26. The van der Waals surface area contributed by atoms with Crippen LogP contribution in [0.2, 0.25) is 0 Å². The summed E-state index contributed by atoms with van der Waals surface area (Å²) >= 11 is 0. The number of aromatic nitrogens is 2. The first-order valence-corrected chi connectivity index (χ1v) is 9.09. The largest absolute Gasteiger partial charge is 0.496 e. The molecule has 0 radical (unpaired) electrons. The highest BCUT2D eigenvalue weighted by atomic mass is 16.5. The van der Waals surface area contributed by atoms with Crippen molar-refractivity contribution in [1.82, 2.24) is 9.78 Å². The van der Waals surface area contributed by atoms with Gasteiger partial charge in [0, 0.05) is 24.4 Å². The number of nitrogens with zero attached hydrogens (tertiary/aromatic N) is 2. The van der Waals surface area contributed by atoms with Gasteiger partial charge in [0.05, 0.1) is 12.8 Å². The molecule has 2 aromatic carbocycles. The van der Waals surface area contributed by atoms with Crippen LogP contribution < -0.4 is 9.47 Å². The normalized spacial score (nSPS) is 10.7. The van der Waals surface area contributed by atoms with Crippen LogP contribution in [0, 0.1) is 0 Å². The van der Waals surface area contributed by atoms with Gasteiger partial charge in [-0.1, -0.05) is 31.5 Å². The number of benzene rings is 2. The van der Waals surface area contributed by atoms with Crippen LogP contribution in [0.15, 0.2) is 54.7 Å². The van der Waals surface area contributed by atoms with E-state index < -0.39 is 0 Å². The zero-order chi connectivity index (χ0) is 18.4. The molecule has 1 heterocycles. The summed E-state index contributed by atoms with van der Waals surface area (Å²) in [4.78, 5) is 0. The molecule has 0 fully saturated rings. The molecule has 0 aliphatic heterocycles. The van der Waals surface area contributed by atoms with Gasteiger partial charge in [-0.15, -0.1) is 0 Å². The van der Waals surface area contributed by atoms with E-state index in [2.05, 4.69) is 30.2 Å². The Balaban J connectivity index is 1.83. The van der Waals surface area contributed by atoms with Gasteiger partial charge in [-0.3, -0.25) is 4.68 Å². The molecular weight excluding hydrogens is 324 g/mol. The molecule has 26 heavy (non-hydrogen) atoms. The summed E-state index contributed by atoms with van der Waals surface area (Å²) in [6.07, 6.45) is 5.25. The van der Waals surface area contributed by atoms with Crippen LogP contribution in [0.4, 0.5) is 0 Å². The molecule has 0 bridgehead atoms. The summed E-state index contributed by atoms with van der Waals surface area (Å²) in [5, 5.41) is 4.51. The van der Waals surface area contributed by atoms with Gasteiger partial charge in [0.1, 0.15) is 18.1 Å². The van der Waals surface area contributed by atoms with E-state index in [-0.39, 0.29) is 0 Å². The maximum Gasteiger partial charge on any atom is 0.125 e. The van der Waals surface area contributed by atoms with Crippen molar-refractivity contribution in [1.29, 1.82) is 0 Å². The topological polar surface area (TPSA) is 36.3 Å². The number of unbranched alkanes of at least 4 members (excludes halogenated alkanes) is 1. The van der Waals surface area contributed by atoms with Crippen LogP contribution in [0.25, 0.3) is 11.3 Å². The highest BCUT2D eigenvalue weighted by Gasteiger charge is 2.10. The van der Waals surface area contributed by atoms with Gasteiger partial charge in [-0.2, -0.15) is 5.10 Å². The lowest BCUT2D eigenvalue weighted by Gasteiger charge is -2.14. The third-order valence-electron chi connectivity index (χ3n) is 4.45. The van der Waals surface area contributed by atoms with Gasteiger partial charge < -0.3 is 9.47 Å².